The number of carbonyl (C=O) groups excluding carboxylic acids is 2. The summed E-state index contributed by atoms with van der Waals surface area (Å²) in [5.74, 6) is -0.254. The highest BCUT2D eigenvalue weighted by molar-refractivity contribution is 6.30. The number of anilines is 1. The van der Waals surface area contributed by atoms with Crippen molar-refractivity contribution in [2.45, 2.75) is 39.2 Å². The topological polar surface area (TPSA) is 106 Å². The molecule has 42 heavy (non-hydrogen) atoms. The zero-order valence-electron chi connectivity index (χ0n) is 24.1. The van der Waals surface area contributed by atoms with Gasteiger partial charge in [0.15, 0.2) is 11.6 Å². The predicted octanol–water partition coefficient (Wildman–Crippen LogP) is 5.26. The molecule has 1 amide bonds. The molecule has 2 aliphatic rings. The van der Waals surface area contributed by atoms with E-state index in [-0.39, 0.29) is 11.5 Å². The number of carbonyl (C=O) groups is 2. The number of halogens is 1. The molecule has 10 heteroatoms. The van der Waals surface area contributed by atoms with Crippen LogP contribution in [0.2, 0.25) is 5.02 Å². The van der Waals surface area contributed by atoms with Crippen molar-refractivity contribution in [3.05, 3.63) is 94.4 Å². The van der Waals surface area contributed by atoms with Crippen LogP contribution in [0.15, 0.2) is 72.0 Å². The maximum absolute atomic E-state index is 13.8. The zero-order chi connectivity index (χ0) is 29.9. The summed E-state index contributed by atoms with van der Waals surface area (Å²) in [6.45, 7) is 7.07. The van der Waals surface area contributed by atoms with Crippen molar-refractivity contribution in [3.63, 3.8) is 0 Å². The number of hydrazone groups is 1. The van der Waals surface area contributed by atoms with Crippen molar-refractivity contribution in [1.82, 2.24) is 15.3 Å². The third kappa shape index (κ3) is 6.37. The molecule has 3 aromatic rings. The number of amides is 1. The number of methoxy groups -OCH3 is 1. The SMILES string of the molecule is COC(=O)[C@@H](NC(=O)c1cnc(C2=CCOCC2)nc1N1CC(c2ccccc2)C(c2ccc(Cl)cc2)=N1)C(C)(C)C. The van der Waals surface area contributed by atoms with Crippen LogP contribution in [0.4, 0.5) is 5.82 Å². The molecule has 9 nitrogen and oxygen atoms in total. The molecule has 218 valence electrons. The monoisotopic (exact) mass is 587 g/mol. The van der Waals surface area contributed by atoms with Gasteiger partial charge >= 0.3 is 5.97 Å². The van der Waals surface area contributed by atoms with E-state index in [1.54, 1.807) is 5.01 Å². The van der Waals surface area contributed by atoms with Crippen LogP contribution in [0, 0.1) is 5.41 Å². The quantitative estimate of drug-likeness (QED) is 0.376. The lowest BCUT2D eigenvalue weighted by Crippen LogP contribution is -2.49. The van der Waals surface area contributed by atoms with Gasteiger partial charge in [0.25, 0.3) is 5.91 Å². The fraction of sp³-hybridized carbons (Fsp3) is 0.344. The number of benzene rings is 2. The highest BCUT2D eigenvalue weighted by atomic mass is 35.5. The molecule has 0 bridgehead atoms. The first kappa shape index (κ1) is 29.4. The van der Waals surface area contributed by atoms with Crippen molar-refractivity contribution in [2.24, 2.45) is 10.5 Å². The van der Waals surface area contributed by atoms with Crippen LogP contribution in [0.5, 0.6) is 0 Å². The smallest absolute Gasteiger partial charge is 0.328 e. The Morgan fingerprint density at radius 3 is 2.50 bits per heavy atom. The fourth-order valence-corrected chi connectivity index (χ4v) is 5.16. The molecule has 2 atom stereocenters. The summed E-state index contributed by atoms with van der Waals surface area (Å²) < 4.78 is 10.5. The Hall–Kier alpha value is -4.08. The average Bonchev–Trinajstić information content (AvgIpc) is 3.45. The summed E-state index contributed by atoms with van der Waals surface area (Å²) in [5, 5.41) is 10.3. The Bertz CT molecular complexity index is 1520. The Labute approximate surface area is 250 Å². The van der Waals surface area contributed by atoms with Gasteiger partial charge in [-0.15, -0.1) is 0 Å². The van der Waals surface area contributed by atoms with Crippen LogP contribution < -0.4 is 10.3 Å². The summed E-state index contributed by atoms with van der Waals surface area (Å²) in [4.78, 5) is 35.9. The number of hydrogen-bond donors (Lipinski definition) is 1. The molecule has 1 N–H and O–H groups in total. The van der Waals surface area contributed by atoms with Gasteiger partial charge in [0.05, 0.1) is 32.6 Å². The summed E-state index contributed by atoms with van der Waals surface area (Å²) >= 11 is 6.19. The lowest BCUT2D eigenvalue weighted by Gasteiger charge is -2.29. The van der Waals surface area contributed by atoms with E-state index in [0.29, 0.717) is 42.8 Å². The van der Waals surface area contributed by atoms with Gasteiger partial charge < -0.3 is 14.8 Å². The Balaban J connectivity index is 1.60. The number of rotatable bonds is 7. The largest absolute Gasteiger partial charge is 0.467 e. The van der Waals surface area contributed by atoms with Crippen LogP contribution >= 0.6 is 11.6 Å². The summed E-state index contributed by atoms with van der Waals surface area (Å²) in [6.07, 6.45) is 4.12. The highest BCUT2D eigenvalue weighted by Crippen LogP contribution is 2.34. The van der Waals surface area contributed by atoms with E-state index in [4.69, 9.17) is 31.2 Å². The van der Waals surface area contributed by atoms with E-state index >= 15 is 0 Å². The minimum Gasteiger partial charge on any atom is -0.467 e. The highest BCUT2D eigenvalue weighted by Gasteiger charge is 2.37. The van der Waals surface area contributed by atoms with Gasteiger partial charge in [-0.05, 0) is 40.7 Å². The van der Waals surface area contributed by atoms with Crippen LogP contribution in [0.3, 0.4) is 0 Å². The van der Waals surface area contributed by atoms with Gasteiger partial charge in [-0.1, -0.05) is 80.9 Å². The first-order valence-corrected chi connectivity index (χ1v) is 14.2. The average molecular weight is 588 g/mol. The van der Waals surface area contributed by atoms with Crippen LogP contribution in [-0.4, -0.2) is 60.5 Å². The van der Waals surface area contributed by atoms with Gasteiger partial charge in [-0.3, -0.25) is 4.79 Å². The number of ether oxygens (including phenoxy) is 2. The van der Waals surface area contributed by atoms with Crippen LogP contribution in [0.25, 0.3) is 5.57 Å². The molecule has 3 heterocycles. The molecular formula is C32H34ClN5O4. The van der Waals surface area contributed by atoms with E-state index in [1.807, 2.05) is 69.3 Å². The Kier molecular flexibility index (Phi) is 8.70. The number of esters is 1. The molecule has 0 saturated heterocycles. The van der Waals surface area contributed by atoms with E-state index in [0.717, 1.165) is 22.4 Å². The molecule has 2 aromatic carbocycles. The van der Waals surface area contributed by atoms with Gasteiger partial charge in [0.2, 0.25) is 0 Å². The summed E-state index contributed by atoms with van der Waals surface area (Å²) in [6, 6.07) is 16.8. The Morgan fingerprint density at radius 1 is 1.12 bits per heavy atom. The normalized spacial score (nSPS) is 17.7. The Morgan fingerprint density at radius 2 is 1.86 bits per heavy atom. The molecule has 1 unspecified atom stereocenters. The van der Waals surface area contributed by atoms with E-state index in [9.17, 15) is 9.59 Å². The summed E-state index contributed by atoms with van der Waals surface area (Å²) in [5.41, 5.74) is 3.38. The maximum Gasteiger partial charge on any atom is 0.328 e. The molecule has 0 fully saturated rings. The van der Waals surface area contributed by atoms with Crippen molar-refractivity contribution in [2.75, 3.05) is 31.9 Å². The molecule has 0 radical (unpaired) electrons. The van der Waals surface area contributed by atoms with Crippen molar-refractivity contribution >= 4 is 40.6 Å². The van der Waals surface area contributed by atoms with Crippen molar-refractivity contribution < 1.29 is 19.1 Å². The maximum atomic E-state index is 13.8. The third-order valence-corrected chi connectivity index (χ3v) is 7.59. The lowest BCUT2D eigenvalue weighted by molar-refractivity contribution is -0.145. The van der Waals surface area contributed by atoms with E-state index in [1.165, 1.54) is 13.3 Å². The molecular weight excluding hydrogens is 554 g/mol. The molecule has 0 spiro atoms. The first-order chi connectivity index (χ1) is 20.2. The first-order valence-electron chi connectivity index (χ1n) is 13.9. The standard InChI is InChI=1S/C32H34ClN5O4/c1-32(2,3)27(31(40)41-4)35-30(39)24-18-34-28(22-14-16-42-17-15-22)36-29(24)38-19-25(20-8-6-5-7-9-20)26(37-38)21-10-12-23(33)13-11-21/h5-14,18,25,27H,15-17,19H2,1-4H3,(H,35,39)/t25?,27-/m1/s1. The number of nitrogens with zero attached hydrogens (tertiary/aromatic N) is 4. The predicted molar refractivity (Wildman–Crippen MR) is 163 cm³/mol. The number of hydrogen-bond acceptors (Lipinski definition) is 8. The van der Waals surface area contributed by atoms with Crippen LogP contribution in [-0.2, 0) is 14.3 Å². The van der Waals surface area contributed by atoms with Crippen molar-refractivity contribution in [1.29, 1.82) is 0 Å². The molecule has 5 rings (SSSR count). The minimum absolute atomic E-state index is 0.0959. The lowest BCUT2D eigenvalue weighted by atomic mass is 9.86. The summed E-state index contributed by atoms with van der Waals surface area (Å²) in [7, 11) is 1.30. The fourth-order valence-electron chi connectivity index (χ4n) is 5.03. The second-order valence-electron chi connectivity index (χ2n) is 11.3. The second-order valence-corrected chi connectivity index (χ2v) is 11.8. The van der Waals surface area contributed by atoms with Gasteiger partial charge in [-0.2, -0.15) is 5.10 Å². The van der Waals surface area contributed by atoms with Gasteiger partial charge in [0.1, 0.15) is 11.6 Å². The van der Waals surface area contributed by atoms with E-state index < -0.39 is 23.3 Å². The molecule has 1 aromatic heterocycles. The van der Waals surface area contributed by atoms with Gasteiger partial charge in [0, 0.05) is 17.1 Å². The van der Waals surface area contributed by atoms with Crippen LogP contribution in [0.1, 0.15) is 60.4 Å². The second kappa shape index (κ2) is 12.4. The molecule has 0 aliphatic carbocycles. The molecule has 2 aliphatic heterocycles. The van der Waals surface area contributed by atoms with E-state index in [2.05, 4.69) is 22.4 Å². The minimum atomic E-state index is -0.885. The van der Waals surface area contributed by atoms with Gasteiger partial charge in [-0.25, -0.2) is 19.8 Å². The number of aromatic nitrogens is 2. The molecule has 0 saturated carbocycles. The third-order valence-electron chi connectivity index (χ3n) is 7.34. The number of nitrogens with one attached hydrogen (secondary N) is 1. The zero-order valence-corrected chi connectivity index (χ0v) is 24.9. The van der Waals surface area contributed by atoms with Crippen molar-refractivity contribution in [3.8, 4) is 0 Å².